The van der Waals surface area contributed by atoms with Crippen LogP contribution in [0.15, 0.2) is 53.1 Å². The van der Waals surface area contributed by atoms with Crippen LogP contribution in [0, 0.1) is 6.92 Å². The van der Waals surface area contributed by atoms with Gasteiger partial charge in [-0.3, -0.25) is 4.79 Å². The average Bonchev–Trinajstić information content (AvgIpc) is 3.48. The van der Waals surface area contributed by atoms with E-state index in [1.54, 1.807) is 24.8 Å². The third-order valence-corrected chi connectivity index (χ3v) is 6.09. The molecule has 1 aromatic carbocycles. The van der Waals surface area contributed by atoms with Crippen molar-refractivity contribution in [3.63, 3.8) is 0 Å². The Kier molecular flexibility index (Phi) is 5.50. The molecule has 0 radical (unpaired) electrons. The molecular formula is C25H26N4O4. The van der Waals surface area contributed by atoms with Gasteiger partial charge in [-0.1, -0.05) is 12.1 Å². The van der Waals surface area contributed by atoms with E-state index in [9.17, 15) is 4.79 Å². The van der Waals surface area contributed by atoms with Crippen LogP contribution in [0.4, 0.5) is 0 Å². The number of fused-ring (bicyclic) bond motifs is 1. The van der Waals surface area contributed by atoms with Crippen molar-refractivity contribution < 1.29 is 18.7 Å². The number of amides is 1. The standard InChI is InChI=1S/C25H26N4O4/c1-16-9-11-21(33-16)25(30)28-13-5-6-18(14-28)24-26-22-12-10-17(15-29(22)27-24)19-7-4-8-20(31-2)23(19)32-3/h4,7-12,15,18H,5-6,13-14H2,1-3H3. The number of piperidine rings is 1. The first kappa shape index (κ1) is 21.1. The number of hydrogen-bond acceptors (Lipinski definition) is 6. The fourth-order valence-electron chi connectivity index (χ4n) is 4.42. The van der Waals surface area contributed by atoms with E-state index in [0.29, 0.717) is 30.3 Å². The molecule has 1 aliphatic rings. The number of aryl methyl sites for hydroxylation is 1. The summed E-state index contributed by atoms with van der Waals surface area (Å²) in [6.45, 7) is 3.13. The quantitative estimate of drug-likeness (QED) is 0.454. The third kappa shape index (κ3) is 3.92. The normalized spacial score (nSPS) is 16.2. The van der Waals surface area contributed by atoms with Gasteiger partial charge in [0.05, 0.1) is 14.2 Å². The topological polar surface area (TPSA) is 82.1 Å². The molecule has 170 valence electrons. The maximum atomic E-state index is 12.8. The highest BCUT2D eigenvalue weighted by Crippen LogP contribution is 2.37. The number of carbonyl (C=O) groups is 1. The highest BCUT2D eigenvalue weighted by Gasteiger charge is 2.29. The third-order valence-electron chi connectivity index (χ3n) is 6.09. The van der Waals surface area contributed by atoms with Gasteiger partial charge in [-0.05, 0) is 50.1 Å². The van der Waals surface area contributed by atoms with Crippen LogP contribution in [0.25, 0.3) is 16.8 Å². The Hall–Kier alpha value is -3.81. The number of hydrogen-bond donors (Lipinski definition) is 0. The average molecular weight is 447 g/mol. The second-order valence-corrected chi connectivity index (χ2v) is 8.23. The Morgan fingerprint density at radius 1 is 1.12 bits per heavy atom. The highest BCUT2D eigenvalue weighted by molar-refractivity contribution is 5.91. The van der Waals surface area contributed by atoms with Crippen LogP contribution in [0.1, 0.15) is 40.9 Å². The van der Waals surface area contributed by atoms with Gasteiger partial charge in [0.1, 0.15) is 5.76 Å². The van der Waals surface area contributed by atoms with Crippen LogP contribution < -0.4 is 9.47 Å². The number of furan rings is 1. The molecule has 33 heavy (non-hydrogen) atoms. The van der Waals surface area contributed by atoms with Crippen molar-refractivity contribution in [1.82, 2.24) is 19.5 Å². The number of rotatable bonds is 5. The van der Waals surface area contributed by atoms with Crippen molar-refractivity contribution in [2.45, 2.75) is 25.7 Å². The van der Waals surface area contributed by atoms with E-state index in [-0.39, 0.29) is 11.8 Å². The second-order valence-electron chi connectivity index (χ2n) is 8.23. The monoisotopic (exact) mass is 446 g/mol. The van der Waals surface area contributed by atoms with Gasteiger partial charge < -0.3 is 18.8 Å². The zero-order valence-electron chi connectivity index (χ0n) is 18.9. The Morgan fingerprint density at radius 3 is 2.76 bits per heavy atom. The number of carbonyl (C=O) groups excluding carboxylic acids is 1. The van der Waals surface area contributed by atoms with Crippen LogP contribution in [0.5, 0.6) is 11.5 Å². The molecule has 4 aromatic rings. The molecular weight excluding hydrogens is 420 g/mol. The first-order valence-corrected chi connectivity index (χ1v) is 11.0. The Bertz CT molecular complexity index is 1310. The molecule has 8 heteroatoms. The van der Waals surface area contributed by atoms with Crippen LogP contribution in [-0.4, -0.2) is 52.7 Å². The minimum absolute atomic E-state index is 0.0773. The molecule has 4 heterocycles. The van der Waals surface area contributed by atoms with E-state index in [0.717, 1.165) is 41.2 Å². The summed E-state index contributed by atoms with van der Waals surface area (Å²) in [6.07, 6.45) is 3.78. The molecule has 3 aromatic heterocycles. The number of aromatic nitrogens is 3. The van der Waals surface area contributed by atoms with Crippen molar-refractivity contribution in [2.24, 2.45) is 0 Å². The number of methoxy groups -OCH3 is 2. The Morgan fingerprint density at radius 2 is 2.00 bits per heavy atom. The van der Waals surface area contributed by atoms with E-state index in [4.69, 9.17) is 24.0 Å². The lowest BCUT2D eigenvalue weighted by atomic mass is 9.97. The lowest BCUT2D eigenvalue weighted by Crippen LogP contribution is -2.39. The molecule has 1 fully saturated rings. The van der Waals surface area contributed by atoms with E-state index in [2.05, 4.69) is 0 Å². The van der Waals surface area contributed by atoms with E-state index >= 15 is 0 Å². The Labute approximate surface area is 191 Å². The fraction of sp³-hybridized carbons (Fsp3) is 0.320. The highest BCUT2D eigenvalue weighted by atomic mass is 16.5. The maximum Gasteiger partial charge on any atom is 0.289 e. The number of pyridine rings is 1. The van der Waals surface area contributed by atoms with Gasteiger partial charge >= 0.3 is 0 Å². The molecule has 1 amide bonds. The number of para-hydroxylation sites is 1. The predicted octanol–water partition coefficient (Wildman–Crippen LogP) is 4.33. The van der Waals surface area contributed by atoms with Crippen molar-refractivity contribution in [3.8, 4) is 22.6 Å². The summed E-state index contributed by atoms with van der Waals surface area (Å²) in [5.41, 5.74) is 2.63. The van der Waals surface area contributed by atoms with Crippen LogP contribution in [0.3, 0.4) is 0 Å². The number of benzene rings is 1. The molecule has 0 aliphatic carbocycles. The van der Waals surface area contributed by atoms with Crippen molar-refractivity contribution in [2.75, 3.05) is 27.3 Å². The van der Waals surface area contributed by atoms with Crippen molar-refractivity contribution in [1.29, 1.82) is 0 Å². The molecule has 1 atom stereocenters. The molecule has 5 rings (SSSR count). The minimum Gasteiger partial charge on any atom is -0.493 e. The van der Waals surface area contributed by atoms with Crippen LogP contribution >= 0.6 is 0 Å². The molecule has 1 aliphatic heterocycles. The van der Waals surface area contributed by atoms with E-state index in [1.807, 2.05) is 54.4 Å². The molecule has 0 saturated carbocycles. The molecule has 0 N–H and O–H groups in total. The number of likely N-dealkylation sites (tertiary alicyclic amines) is 1. The fourth-order valence-corrected chi connectivity index (χ4v) is 4.42. The first-order chi connectivity index (χ1) is 16.1. The lowest BCUT2D eigenvalue weighted by molar-refractivity contribution is 0.0671. The van der Waals surface area contributed by atoms with Crippen LogP contribution in [-0.2, 0) is 0 Å². The largest absolute Gasteiger partial charge is 0.493 e. The van der Waals surface area contributed by atoms with Crippen molar-refractivity contribution in [3.05, 3.63) is 66.0 Å². The molecule has 1 unspecified atom stereocenters. The van der Waals surface area contributed by atoms with Gasteiger partial charge in [0.15, 0.2) is 28.7 Å². The Balaban J connectivity index is 1.42. The number of ether oxygens (including phenoxy) is 2. The summed E-state index contributed by atoms with van der Waals surface area (Å²) in [7, 11) is 3.26. The summed E-state index contributed by atoms with van der Waals surface area (Å²) in [6, 6.07) is 13.3. The molecule has 1 saturated heterocycles. The maximum absolute atomic E-state index is 12.8. The summed E-state index contributed by atoms with van der Waals surface area (Å²) in [4.78, 5) is 19.4. The summed E-state index contributed by atoms with van der Waals surface area (Å²) >= 11 is 0. The van der Waals surface area contributed by atoms with Gasteiger partial charge in [0.25, 0.3) is 5.91 Å². The lowest BCUT2D eigenvalue weighted by Gasteiger charge is -2.30. The molecule has 8 nitrogen and oxygen atoms in total. The second kappa shape index (κ2) is 8.61. The summed E-state index contributed by atoms with van der Waals surface area (Å²) in [5.74, 6) is 3.21. The van der Waals surface area contributed by atoms with E-state index < -0.39 is 0 Å². The molecule has 0 bridgehead atoms. The predicted molar refractivity (Wildman–Crippen MR) is 123 cm³/mol. The van der Waals surface area contributed by atoms with Crippen LogP contribution in [0.2, 0.25) is 0 Å². The summed E-state index contributed by atoms with van der Waals surface area (Å²) < 4.78 is 18.3. The zero-order chi connectivity index (χ0) is 22.9. The number of nitrogens with zero attached hydrogens (tertiary/aromatic N) is 4. The van der Waals surface area contributed by atoms with E-state index in [1.165, 1.54) is 0 Å². The first-order valence-electron chi connectivity index (χ1n) is 11.0. The SMILES string of the molecule is COc1cccc(-c2ccc3nc(C4CCCN(C(=O)c5ccc(C)o5)C4)nn3c2)c1OC. The van der Waals surface area contributed by atoms with Gasteiger partial charge in [0, 0.05) is 36.3 Å². The van der Waals surface area contributed by atoms with Gasteiger partial charge in [-0.25, -0.2) is 9.50 Å². The van der Waals surface area contributed by atoms with Gasteiger partial charge in [-0.15, -0.1) is 0 Å². The van der Waals surface area contributed by atoms with Crippen molar-refractivity contribution >= 4 is 11.6 Å². The summed E-state index contributed by atoms with van der Waals surface area (Å²) in [5, 5.41) is 4.76. The zero-order valence-corrected chi connectivity index (χ0v) is 18.9. The molecule has 0 spiro atoms. The van der Waals surface area contributed by atoms with Gasteiger partial charge in [-0.2, -0.15) is 5.10 Å². The van der Waals surface area contributed by atoms with Gasteiger partial charge in [0.2, 0.25) is 0 Å². The smallest absolute Gasteiger partial charge is 0.289 e. The minimum atomic E-state index is -0.0797.